The Balaban J connectivity index is 1.54. The van der Waals surface area contributed by atoms with E-state index in [9.17, 15) is 19.5 Å². The van der Waals surface area contributed by atoms with Crippen molar-refractivity contribution in [1.29, 1.82) is 0 Å². The van der Waals surface area contributed by atoms with Gasteiger partial charge >= 0.3 is 6.09 Å². The van der Waals surface area contributed by atoms with Crippen LogP contribution in [0.15, 0.2) is 35.3 Å². The molecule has 0 spiro atoms. The number of hydrogen-bond acceptors (Lipinski definition) is 6. The number of piperidine rings is 1. The van der Waals surface area contributed by atoms with E-state index in [4.69, 9.17) is 9.84 Å². The van der Waals surface area contributed by atoms with Crippen molar-refractivity contribution in [3.63, 3.8) is 0 Å². The number of H-pyrrole nitrogens is 1. The van der Waals surface area contributed by atoms with E-state index in [-0.39, 0.29) is 28.9 Å². The van der Waals surface area contributed by atoms with Gasteiger partial charge in [0.15, 0.2) is 5.82 Å². The van der Waals surface area contributed by atoms with E-state index in [1.807, 2.05) is 47.7 Å². The third-order valence-corrected chi connectivity index (χ3v) is 9.07. The molecule has 0 saturated carbocycles. The molecule has 226 valence electrons. The molecule has 2 amide bonds. The Hall–Kier alpha value is -3.86. The van der Waals surface area contributed by atoms with Gasteiger partial charge in [0.1, 0.15) is 5.39 Å². The number of fused-ring (bicyclic) bond motifs is 1. The molecule has 0 radical (unpaired) electrons. The number of aryl methyl sites for hydroxylation is 1. The number of likely N-dealkylation sites (tertiary alicyclic amines) is 1. The van der Waals surface area contributed by atoms with Crippen LogP contribution in [-0.4, -0.2) is 80.6 Å². The topological polar surface area (TPSA) is 133 Å². The number of hydrogen-bond donors (Lipinski definition) is 3. The van der Waals surface area contributed by atoms with Crippen molar-refractivity contribution in [2.75, 3.05) is 38.1 Å². The summed E-state index contributed by atoms with van der Waals surface area (Å²) in [5.74, 6) is 0.352. The Kier molecular flexibility index (Phi) is 7.82. The first kappa shape index (κ1) is 29.6. The summed E-state index contributed by atoms with van der Waals surface area (Å²) in [4.78, 5) is 44.5. The van der Waals surface area contributed by atoms with Crippen molar-refractivity contribution < 1.29 is 19.4 Å². The largest absolute Gasteiger partial charge is 0.465 e. The van der Waals surface area contributed by atoms with E-state index in [1.54, 1.807) is 6.20 Å². The fourth-order valence-electron chi connectivity index (χ4n) is 6.86. The fourth-order valence-corrected chi connectivity index (χ4v) is 6.86. The zero-order chi connectivity index (χ0) is 30.4. The van der Waals surface area contributed by atoms with Gasteiger partial charge in [0, 0.05) is 49.5 Å². The van der Waals surface area contributed by atoms with Gasteiger partial charge < -0.3 is 29.9 Å². The average molecular weight is 579 g/mol. The van der Waals surface area contributed by atoms with Gasteiger partial charge in [0.2, 0.25) is 0 Å². The molecule has 1 aromatic carbocycles. The number of nitrogens with zero attached hydrogens (tertiary/aromatic N) is 4. The minimum atomic E-state index is -0.918. The van der Waals surface area contributed by atoms with Crippen LogP contribution in [0.1, 0.15) is 63.4 Å². The first-order valence-corrected chi connectivity index (χ1v) is 14.7. The van der Waals surface area contributed by atoms with E-state index in [1.165, 1.54) is 4.90 Å². The van der Waals surface area contributed by atoms with Crippen molar-refractivity contribution in [2.45, 2.75) is 66.0 Å². The molecular weight excluding hydrogens is 536 g/mol. The molecule has 2 aliphatic heterocycles. The Morgan fingerprint density at radius 1 is 1.19 bits per heavy atom. The number of pyridine rings is 1. The molecule has 4 heterocycles. The molecule has 0 bridgehead atoms. The lowest BCUT2D eigenvalue weighted by atomic mass is 9.64. The molecular formula is C31H42N6O5. The van der Waals surface area contributed by atoms with Crippen LogP contribution in [0, 0.1) is 18.3 Å². The summed E-state index contributed by atoms with van der Waals surface area (Å²) >= 11 is 0. The third-order valence-electron chi connectivity index (χ3n) is 9.07. The van der Waals surface area contributed by atoms with Gasteiger partial charge in [-0.25, -0.2) is 4.79 Å². The second-order valence-corrected chi connectivity index (χ2v) is 12.8. The number of nitrogens with one attached hydrogen (secondary N) is 2. The Bertz CT molecular complexity index is 1560. The minimum absolute atomic E-state index is 0.00564. The Labute approximate surface area is 245 Å². The third kappa shape index (κ3) is 5.26. The van der Waals surface area contributed by atoms with E-state index < -0.39 is 11.6 Å². The number of anilines is 2. The van der Waals surface area contributed by atoms with Crippen LogP contribution in [0.25, 0.3) is 10.9 Å². The van der Waals surface area contributed by atoms with Gasteiger partial charge in [-0.15, -0.1) is 0 Å². The molecule has 3 unspecified atom stereocenters. The predicted octanol–water partition coefficient (Wildman–Crippen LogP) is 4.79. The van der Waals surface area contributed by atoms with Gasteiger partial charge in [0.05, 0.1) is 23.8 Å². The minimum Gasteiger partial charge on any atom is -0.465 e. The summed E-state index contributed by atoms with van der Waals surface area (Å²) in [6, 6.07) is 7.42. The fraction of sp³-hybridized carbons (Fsp3) is 0.548. The van der Waals surface area contributed by atoms with E-state index in [0.717, 1.165) is 12.0 Å². The first-order chi connectivity index (χ1) is 19.9. The molecule has 3 N–H and O–H groups in total. The molecule has 5 rings (SSSR count). The predicted molar refractivity (Wildman–Crippen MR) is 162 cm³/mol. The standard InChI is InChI=1S/C31H42N6O5/c1-7-31(11-13-36(29(40)41)18-24(31)30(4,5)6)37-23-10-12-32-27(38)25(23)26(34-37)33-21-8-9-22(19(2)16-21)28(39)35-14-15-42-20(3)17-35/h8-10,12,16,20,24H,7,11,13-15,17-18H2,1-6H3,(H,32,38)(H,33,34)(H,40,41). The highest BCUT2D eigenvalue weighted by Gasteiger charge is 2.50. The maximum Gasteiger partial charge on any atom is 0.407 e. The number of carbonyl (C=O) groups excluding carboxylic acids is 1. The highest BCUT2D eigenvalue weighted by molar-refractivity contribution is 5.97. The second-order valence-electron chi connectivity index (χ2n) is 12.8. The number of amides is 2. The number of carboxylic acid groups (broad SMARTS) is 1. The smallest absolute Gasteiger partial charge is 0.407 e. The summed E-state index contributed by atoms with van der Waals surface area (Å²) in [6.07, 6.45) is 2.02. The van der Waals surface area contributed by atoms with Crippen LogP contribution in [0.3, 0.4) is 0 Å². The van der Waals surface area contributed by atoms with Gasteiger partial charge in [-0.2, -0.15) is 5.10 Å². The Morgan fingerprint density at radius 2 is 1.95 bits per heavy atom. The maximum atomic E-state index is 13.2. The summed E-state index contributed by atoms with van der Waals surface area (Å²) in [7, 11) is 0. The van der Waals surface area contributed by atoms with Crippen molar-refractivity contribution in [2.24, 2.45) is 11.3 Å². The highest BCUT2D eigenvalue weighted by atomic mass is 16.5. The highest BCUT2D eigenvalue weighted by Crippen LogP contribution is 2.48. The number of aromatic nitrogens is 3. The van der Waals surface area contributed by atoms with Gasteiger partial charge in [-0.1, -0.05) is 27.7 Å². The molecule has 2 fully saturated rings. The molecule has 3 aromatic rings. The van der Waals surface area contributed by atoms with Crippen molar-refractivity contribution in [3.05, 3.63) is 51.9 Å². The van der Waals surface area contributed by atoms with E-state index in [2.05, 4.69) is 38.0 Å². The summed E-state index contributed by atoms with van der Waals surface area (Å²) in [5, 5.41) is 18.6. The molecule has 42 heavy (non-hydrogen) atoms. The molecule has 3 atom stereocenters. The Morgan fingerprint density at radius 3 is 2.60 bits per heavy atom. The lowest BCUT2D eigenvalue weighted by Gasteiger charge is -2.52. The van der Waals surface area contributed by atoms with Crippen LogP contribution < -0.4 is 10.9 Å². The second kappa shape index (κ2) is 11.1. The van der Waals surface area contributed by atoms with Crippen LogP contribution in [-0.2, 0) is 10.3 Å². The molecule has 11 heteroatoms. The molecule has 11 nitrogen and oxygen atoms in total. The van der Waals surface area contributed by atoms with Crippen LogP contribution in [0.2, 0.25) is 0 Å². The van der Waals surface area contributed by atoms with Crippen LogP contribution in [0.5, 0.6) is 0 Å². The lowest BCUT2D eigenvalue weighted by Crippen LogP contribution is -2.58. The molecule has 2 saturated heterocycles. The van der Waals surface area contributed by atoms with Gasteiger partial charge in [-0.05, 0) is 61.9 Å². The molecule has 2 aliphatic rings. The van der Waals surface area contributed by atoms with Crippen molar-refractivity contribution in [3.8, 4) is 0 Å². The average Bonchev–Trinajstić information content (AvgIpc) is 3.31. The van der Waals surface area contributed by atoms with Gasteiger partial charge in [-0.3, -0.25) is 14.3 Å². The number of aromatic amines is 1. The number of carbonyl (C=O) groups is 2. The number of ether oxygens (including phenoxy) is 1. The normalized spacial score (nSPS) is 23.3. The summed E-state index contributed by atoms with van der Waals surface area (Å²) < 4.78 is 7.56. The monoisotopic (exact) mass is 578 g/mol. The first-order valence-electron chi connectivity index (χ1n) is 14.7. The molecule has 2 aromatic heterocycles. The van der Waals surface area contributed by atoms with Crippen molar-refractivity contribution >= 4 is 34.4 Å². The number of benzene rings is 1. The zero-order valence-corrected chi connectivity index (χ0v) is 25.4. The van der Waals surface area contributed by atoms with Crippen LogP contribution in [0.4, 0.5) is 16.3 Å². The zero-order valence-electron chi connectivity index (χ0n) is 25.4. The SMILES string of the molecule is CCC1(n2nc(Nc3ccc(C(=O)N4CCOC(C)C4)c(C)c3)c3c(=O)[nH]ccc32)CCN(C(=O)O)CC1C(C)(C)C. The van der Waals surface area contributed by atoms with Crippen molar-refractivity contribution in [1.82, 2.24) is 24.6 Å². The van der Waals surface area contributed by atoms with E-state index in [0.29, 0.717) is 67.2 Å². The summed E-state index contributed by atoms with van der Waals surface area (Å²) in [6.45, 7) is 14.8. The lowest BCUT2D eigenvalue weighted by molar-refractivity contribution is -0.0206. The van der Waals surface area contributed by atoms with E-state index >= 15 is 0 Å². The van der Waals surface area contributed by atoms with Gasteiger partial charge in [0.25, 0.3) is 11.5 Å². The number of rotatable bonds is 5. The molecule has 0 aliphatic carbocycles. The maximum absolute atomic E-state index is 13.2. The number of morpholine rings is 1. The summed E-state index contributed by atoms with van der Waals surface area (Å²) in [5.41, 5.74) is 1.88. The quantitative estimate of drug-likeness (QED) is 0.397. The van der Waals surface area contributed by atoms with Crippen LogP contribution >= 0.6 is 0 Å².